The van der Waals surface area contributed by atoms with Gasteiger partial charge in [0.2, 0.25) is 5.91 Å². The molecule has 1 aliphatic heterocycles. The zero-order valence-electron chi connectivity index (χ0n) is 14.6. The van der Waals surface area contributed by atoms with E-state index in [1.54, 1.807) is 0 Å². The van der Waals surface area contributed by atoms with Crippen LogP contribution in [0.15, 0.2) is 46.9 Å². The molecule has 1 amide bonds. The third-order valence-electron chi connectivity index (χ3n) is 5.05. The van der Waals surface area contributed by atoms with E-state index in [0.29, 0.717) is 0 Å². The lowest BCUT2D eigenvalue weighted by Gasteiger charge is -2.25. The van der Waals surface area contributed by atoms with Gasteiger partial charge in [-0.15, -0.1) is 0 Å². The van der Waals surface area contributed by atoms with Crippen molar-refractivity contribution in [2.45, 2.75) is 38.6 Å². The summed E-state index contributed by atoms with van der Waals surface area (Å²) in [6, 6.07) is 13.8. The highest BCUT2D eigenvalue weighted by Crippen LogP contribution is 2.30. The van der Waals surface area contributed by atoms with Gasteiger partial charge in [-0.3, -0.25) is 4.79 Å². The quantitative estimate of drug-likeness (QED) is 0.748. The minimum atomic E-state index is -0.228. The third kappa shape index (κ3) is 3.21. The Morgan fingerprint density at radius 1 is 1.00 bits per heavy atom. The Kier molecular flexibility index (Phi) is 4.35. The van der Waals surface area contributed by atoms with Crippen molar-refractivity contribution in [2.75, 3.05) is 18.4 Å². The number of carbonyl (C=O) groups is 1. The van der Waals surface area contributed by atoms with E-state index in [4.69, 9.17) is 4.42 Å². The molecule has 2 aromatic carbocycles. The molecule has 1 N–H and O–H groups in total. The summed E-state index contributed by atoms with van der Waals surface area (Å²) >= 11 is 0. The Morgan fingerprint density at radius 3 is 2.52 bits per heavy atom. The summed E-state index contributed by atoms with van der Waals surface area (Å²) in [6.07, 6.45) is 4.70. The van der Waals surface area contributed by atoms with Crippen LogP contribution in [-0.2, 0) is 4.79 Å². The largest absolute Gasteiger partial charge is 0.456 e. The maximum absolute atomic E-state index is 12.7. The number of fused-ring (bicyclic) bond motifs is 3. The fraction of sp³-hybridized carbons (Fsp3) is 0.381. The molecule has 3 aromatic rings. The number of amides is 1. The third-order valence-corrected chi connectivity index (χ3v) is 5.05. The lowest BCUT2D eigenvalue weighted by atomic mass is 10.1. The zero-order valence-corrected chi connectivity index (χ0v) is 14.6. The normalized spacial score (nSPS) is 16.8. The number of benzene rings is 2. The minimum absolute atomic E-state index is 0.194. The highest BCUT2D eigenvalue weighted by molar-refractivity contribution is 6.06. The van der Waals surface area contributed by atoms with Crippen LogP contribution in [0.25, 0.3) is 21.9 Å². The van der Waals surface area contributed by atoms with Crippen molar-refractivity contribution in [3.63, 3.8) is 0 Å². The average molecular weight is 336 g/mol. The monoisotopic (exact) mass is 336 g/mol. The standard InChI is InChI=1S/C21H24N2O2/c1-15(21(24)23-12-6-2-3-7-13-23)22-16-10-11-20-18(14-16)17-8-4-5-9-19(17)25-20/h4-5,8-11,14-15,22H,2-3,6-7,12-13H2,1H3. The van der Waals surface area contributed by atoms with Gasteiger partial charge >= 0.3 is 0 Å². The summed E-state index contributed by atoms with van der Waals surface area (Å²) in [5, 5.41) is 5.56. The SMILES string of the molecule is CC(Nc1ccc2oc3ccccc3c2c1)C(=O)N1CCCCCC1. The highest BCUT2D eigenvalue weighted by Gasteiger charge is 2.21. The van der Waals surface area contributed by atoms with E-state index in [-0.39, 0.29) is 11.9 Å². The van der Waals surface area contributed by atoms with Crippen molar-refractivity contribution in [2.24, 2.45) is 0 Å². The molecule has 1 aromatic heterocycles. The molecule has 25 heavy (non-hydrogen) atoms. The van der Waals surface area contributed by atoms with Crippen LogP contribution in [0.1, 0.15) is 32.6 Å². The lowest BCUT2D eigenvalue weighted by molar-refractivity contribution is -0.131. The second-order valence-electron chi connectivity index (χ2n) is 6.91. The summed E-state index contributed by atoms with van der Waals surface area (Å²) in [6.45, 7) is 3.72. The summed E-state index contributed by atoms with van der Waals surface area (Å²) < 4.78 is 5.87. The van der Waals surface area contributed by atoms with Gasteiger partial charge in [-0.05, 0) is 44.0 Å². The molecule has 2 heterocycles. The summed E-state index contributed by atoms with van der Waals surface area (Å²) in [4.78, 5) is 14.7. The van der Waals surface area contributed by atoms with Crippen molar-refractivity contribution in [1.82, 2.24) is 4.90 Å². The number of nitrogens with one attached hydrogen (secondary N) is 1. The molecule has 4 rings (SSSR count). The molecule has 0 bridgehead atoms. The minimum Gasteiger partial charge on any atom is -0.456 e. The number of anilines is 1. The number of hydrogen-bond acceptors (Lipinski definition) is 3. The molecule has 1 saturated heterocycles. The van der Waals surface area contributed by atoms with Gasteiger partial charge in [0.1, 0.15) is 17.2 Å². The Labute approximate surface area is 147 Å². The molecule has 1 unspecified atom stereocenters. The maximum atomic E-state index is 12.7. The molecule has 4 heteroatoms. The van der Waals surface area contributed by atoms with E-state index >= 15 is 0 Å². The first-order chi connectivity index (χ1) is 12.2. The smallest absolute Gasteiger partial charge is 0.244 e. The van der Waals surface area contributed by atoms with Crippen LogP contribution in [0.5, 0.6) is 0 Å². The van der Waals surface area contributed by atoms with E-state index in [1.807, 2.05) is 42.2 Å². The number of carbonyl (C=O) groups excluding carboxylic acids is 1. The van der Waals surface area contributed by atoms with Crippen molar-refractivity contribution in [3.8, 4) is 0 Å². The molecule has 130 valence electrons. The maximum Gasteiger partial charge on any atom is 0.244 e. The Bertz CT molecular complexity index is 891. The van der Waals surface area contributed by atoms with Crippen molar-refractivity contribution in [1.29, 1.82) is 0 Å². The fourth-order valence-corrected chi connectivity index (χ4v) is 3.69. The molecule has 0 saturated carbocycles. The first kappa shape index (κ1) is 16.0. The summed E-state index contributed by atoms with van der Waals surface area (Å²) in [5.74, 6) is 0.194. The van der Waals surface area contributed by atoms with Crippen molar-refractivity contribution >= 4 is 33.5 Å². The van der Waals surface area contributed by atoms with Crippen LogP contribution in [-0.4, -0.2) is 29.9 Å². The van der Waals surface area contributed by atoms with Crippen molar-refractivity contribution in [3.05, 3.63) is 42.5 Å². The molecule has 1 fully saturated rings. The molecule has 0 aliphatic carbocycles. The first-order valence-corrected chi connectivity index (χ1v) is 9.19. The van der Waals surface area contributed by atoms with Crippen LogP contribution < -0.4 is 5.32 Å². The van der Waals surface area contributed by atoms with Gasteiger partial charge in [0.05, 0.1) is 0 Å². The van der Waals surface area contributed by atoms with Gasteiger partial charge in [0, 0.05) is 29.5 Å². The second kappa shape index (κ2) is 6.79. The summed E-state index contributed by atoms with van der Waals surface area (Å²) in [7, 11) is 0. The topological polar surface area (TPSA) is 45.5 Å². The molecular formula is C21H24N2O2. The van der Waals surface area contributed by atoms with E-state index in [2.05, 4.69) is 17.4 Å². The van der Waals surface area contributed by atoms with Crippen molar-refractivity contribution < 1.29 is 9.21 Å². The van der Waals surface area contributed by atoms with Crippen LogP contribution in [0.2, 0.25) is 0 Å². The van der Waals surface area contributed by atoms with E-state index in [9.17, 15) is 4.79 Å². The fourth-order valence-electron chi connectivity index (χ4n) is 3.69. The van der Waals surface area contributed by atoms with E-state index in [1.165, 1.54) is 12.8 Å². The van der Waals surface area contributed by atoms with Crippen LogP contribution in [0.4, 0.5) is 5.69 Å². The van der Waals surface area contributed by atoms with Gasteiger partial charge in [-0.25, -0.2) is 0 Å². The average Bonchev–Trinajstić information content (AvgIpc) is 2.80. The number of furan rings is 1. The first-order valence-electron chi connectivity index (χ1n) is 9.19. The summed E-state index contributed by atoms with van der Waals surface area (Å²) in [5.41, 5.74) is 2.72. The molecule has 0 radical (unpaired) electrons. The number of rotatable bonds is 3. The number of hydrogen-bond donors (Lipinski definition) is 1. The zero-order chi connectivity index (χ0) is 17.2. The molecular weight excluding hydrogens is 312 g/mol. The van der Waals surface area contributed by atoms with Gasteiger partial charge in [0.25, 0.3) is 0 Å². The lowest BCUT2D eigenvalue weighted by Crippen LogP contribution is -2.41. The second-order valence-corrected chi connectivity index (χ2v) is 6.91. The Balaban J connectivity index is 1.55. The predicted octanol–water partition coefficient (Wildman–Crippen LogP) is 4.79. The van der Waals surface area contributed by atoms with Crippen LogP contribution >= 0.6 is 0 Å². The highest BCUT2D eigenvalue weighted by atomic mass is 16.3. The van der Waals surface area contributed by atoms with E-state index in [0.717, 1.165) is 53.6 Å². The molecule has 1 aliphatic rings. The number of nitrogens with zero attached hydrogens (tertiary/aromatic N) is 1. The molecule has 1 atom stereocenters. The Morgan fingerprint density at radius 2 is 1.72 bits per heavy atom. The van der Waals surface area contributed by atoms with Gasteiger partial charge in [0.15, 0.2) is 0 Å². The van der Waals surface area contributed by atoms with Gasteiger partial charge in [-0.1, -0.05) is 31.0 Å². The van der Waals surface area contributed by atoms with Gasteiger partial charge < -0.3 is 14.6 Å². The number of likely N-dealkylation sites (tertiary alicyclic amines) is 1. The Hall–Kier alpha value is -2.49. The number of para-hydroxylation sites is 1. The van der Waals surface area contributed by atoms with Gasteiger partial charge in [-0.2, -0.15) is 0 Å². The van der Waals surface area contributed by atoms with E-state index < -0.39 is 0 Å². The molecule has 4 nitrogen and oxygen atoms in total. The predicted molar refractivity (Wildman–Crippen MR) is 102 cm³/mol. The van der Waals surface area contributed by atoms with Crippen LogP contribution in [0.3, 0.4) is 0 Å². The van der Waals surface area contributed by atoms with Crippen LogP contribution in [0, 0.1) is 0 Å². The molecule has 0 spiro atoms.